The summed E-state index contributed by atoms with van der Waals surface area (Å²) < 4.78 is 6.06. The molecule has 0 saturated carbocycles. The molecule has 0 aromatic heterocycles. The first kappa shape index (κ1) is 12.2. The predicted octanol–water partition coefficient (Wildman–Crippen LogP) is 2.30. The number of fused-ring (bicyclic) bond motifs is 1. The van der Waals surface area contributed by atoms with Gasteiger partial charge in [-0.3, -0.25) is 4.90 Å². The summed E-state index contributed by atoms with van der Waals surface area (Å²) >= 11 is 2.07. The second-order valence-electron chi connectivity index (χ2n) is 5.06. The zero-order chi connectivity index (χ0) is 12.4. The van der Waals surface area contributed by atoms with E-state index in [1.54, 1.807) is 0 Å². The number of para-hydroxylation sites is 2. The van der Waals surface area contributed by atoms with Gasteiger partial charge in [0.2, 0.25) is 0 Å². The Morgan fingerprint density at radius 2 is 2.33 bits per heavy atom. The van der Waals surface area contributed by atoms with Gasteiger partial charge in [-0.1, -0.05) is 19.1 Å². The van der Waals surface area contributed by atoms with Crippen LogP contribution in [-0.2, 0) is 0 Å². The maximum absolute atomic E-state index is 6.06. The first-order valence-corrected chi connectivity index (χ1v) is 7.69. The topological polar surface area (TPSA) is 24.5 Å². The van der Waals surface area contributed by atoms with Gasteiger partial charge in [-0.2, -0.15) is 11.8 Å². The minimum absolute atomic E-state index is 0.273. The molecule has 0 aliphatic carbocycles. The van der Waals surface area contributed by atoms with E-state index in [2.05, 4.69) is 35.0 Å². The van der Waals surface area contributed by atoms with Gasteiger partial charge in [0.05, 0.1) is 12.2 Å². The summed E-state index contributed by atoms with van der Waals surface area (Å²) in [7, 11) is 0. The standard InChI is InChI=1S/C14H20N2OS/c1-11-9-16(6-7-18-11)10-12-8-15-13-4-2-3-5-14(13)17-12/h2-5,11-12,15H,6-10H2,1H3. The fourth-order valence-corrected chi connectivity index (χ4v) is 3.69. The van der Waals surface area contributed by atoms with E-state index in [0.29, 0.717) is 0 Å². The van der Waals surface area contributed by atoms with E-state index in [9.17, 15) is 0 Å². The molecule has 98 valence electrons. The van der Waals surface area contributed by atoms with Crippen LogP contribution in [0.2, 0.25) is 0 Å². The number of rotatable bonds is 2. The van der Waals surface area contributed by atoms with Crippen LogP contribution >= 0.6 is 11.8 Å². The van der Waals surface area contributed by atoms with Gasteiger partial charge in [-0.25, -0.2) is 0 Å². The zero-order valence-electron chi connectivity index (χ0n) is 10.8. The van der Waals surface area contributed by atoms with Crippen molar-refractivity contribution in [3.05, 3.63) is 24.3 Å². The Kier molecular flexibility index (Phi) is 3.66. The number of anilines is 1. The molecule has 2 unspecified atom stereocenters. The number of hydrogen-bond donors (Lipinski definition) is 1. The number of nitrogens with zero attached hydrogens (tertiary/aromatic N) is 1. The minimum Gasteiger partial charge on any atom is -0.485 e. The van der Waals surface area contributed by atoms with Gasteiger partial charge in [-0.05, 0) is 12.1 Å². The molecule has 2 aliphatic heterocycles. The van der Waals surface area contributed by atoms with E-state index in [1.165, 1.54) is 18.8 Å². The van der Waals surface area contributed by atoms with Gasteiger partial charge in [-0.15, -0.1) is 0 Å². The Hall–Kier alpha value is -0.870. The average Bonchev–Trinajstić information content (AvgIpc) is 2.39. The molecule has 3 nitrogen and oxygen atoms in total. The van der Waals surface area contributed by atoms with Crippen molar-refractivity contribution in [3.8, 4) is 5.75 Å². The molecule has 0 bridgehead atoms. The van der Waals surface area contributed by atoms with Crippen LogP contribution in [0.4, 0.5) is 5.69 Å². The Balaban J connectivity index is 1.59. The fraction of sp³-hybridized carbons (Fsp3) is 0.571. The molecular weight excluding hydrogens is 244 g/mol. The molecule has 2 heterocycles. The second kappa shape index (κ2) is 5.41. The van der Waals surface area contributed by atoms with Crippen molar-refractivity contribution in [2.24, 2.45) is 0 Å². The van der Waals surface area contributed by atoms with E-state index < -0.39 is 0 Å². The van der Waals surface area contributed by atoms with Crippen molar-refractivity contribution < 1.29 is 4.74 Å². The van der Waals surface area contributed by atoms with Gasteiger partial charge < -0.3 is 10.1 Å². The van der Waals surface area contributed by atoms with E-state index in [0.717, 1.165) is 29.8 Å². The first-order chi connectivity index (χ1) is 8.81. The molecule has 1 N–H and O–H groups in total. The van der Waals surface area contributed by atoms with Crippen molar-refractivity contribution in [2.75, 3.05) is 37.2 Å². The number of thioether (sulfide) groups is 1. The largest absolute Gasteiger partial charge is 0.485 e. The monoisotopic (exact) mass is 264 g/mol. The van der Waals surface area contributed by atoms with Crippen LogP contribution in [0.25, 0.3) is 0 Å². The minimum atomic E-state index is 0.273. The maximum atomic E-state index is 6.06. The number of hydrogen-bond acceptors (Lipinski definition) is 4. The maximum Gasteiger partial charge on any atom is 0.142 e. The summed E-state index contributed by atoms with van der Waals surface area (Å²) in [6.07, 6.45) is 0.273. The molecule has 0 spiro atoms. The third-order valence-corrected chi connectivity index (χ3v) is 4.62. The third kappa shape index (κ3) is 2.75. The second-order valence-corrected chi connectivity index (χ2v) is 6.60. The molecule has 1 aromatic rings. The van der Waals surface area contributed by atoms with E-state index in [1.807, 2.05) is 18.2 Å². The van der Waals surface area contributed by atoms with Crippen molar-refractivity contribution in [3.63, 3.8) is 0 Å². The molecule has 1 saturated heterocycles. The molecule has 3 rings (SSSR count). The van der Waals surface area contributed by atoms with Crippen LogP contribution in [-0.4, -0.2) is 48.2 Å². The van der Waals surface area contributed by atoms with Gasteiger partial charge >= 0.3 is 0 Å². The van der Waals surface area contributed by atoms with Crippen molar-refractivity contribution in [1.29, 1.82) is 0 Å². The summed E-state index contributed by atoms with van der Waals surface area (Å²) in [5.74, 6) is 2.24. The van der Waals surface area contributed by atoms with Crippen LogP contribution in [0.15, 0.2) is 24.3 Å². The smallest absolute Gasteiger partial charge is 0.142 e. The molecule has 1 aromatic carbocycles. The molecule has 0 amide bonds. The van der Waals surface area contributed by atoms with Crippen molar-refractivity contribution in [2.45, 2.75) is 18.3 Å². The fourth-order valence-electron chi connectivity index (χ4n) is 2.61. The Bertz CT molecular complexity index is 413. The zero-order valence-corrected chi connectivity index (χ0v) is 11.6. The van der Waals surface area contributed by atoms with Crippen LogP contribution in [0, 0.1) is 0 Å². The Labute approximate surface area is 113 Å². The highest BCUT2D eigenvalue weighted by atomic mass is 32.2. The van der Waals surface area contributed by atoms with Crippen molar-refractivity contribution >= 4 is 17.4 Å². The summed E-state index contributed by atoms with van der Waals surface area (Å²) in [5.41, 5.74) is 1.12. The van der Waals surface area contributed by atoms with Gasteiger partial charge in [0, 0.05) is 30.6 Å². The summed E-state index contributed by atoms with van der Waals surface area (Å²) in [4.78, 5) is 2.53. The normalized spacial score (nSPS) is 28.1. The predicted molar refractivity (Wildman–Crippen MR) is 77.7 cm³/mol. The highest BCUT2D eigenvalue weighted by molar-refractivity contribution is 7.99. The van der Waals surface area contributed by atoms with Crippen molar-refractivity contribution in [1.82, 2.24) is 4.90 Å². The van der Waals surface area contributed by atoms with E-state index in [-0.39, 0.29) is 6.10 Å². The van der Waals surface area contributed by atoms with Gasteiger partial charge in [0.1, 0.15) is 11.9 Å². The number of benzene rings is 1. The summed E-state index contributed by atoms with van der Waals surface area (Å²) in [5, 5.41) is 4.21. The van der Waals surface area contributed by atoms with Crippen LogP contribution in [0.1, 0.15) is 6.92 Å². The highest BCUT2D eigenvalue weighted by Crippen LogP contribution is 2.28. The summed E-state index contributed by atoms with van der Waals surface area (Å²) in [6.45, 7) is 6.63. The van der Waals surface area contributed by atoms with Crippen LogP contribution in [0.5, 0.6) is 5.75 Å². The lowest BCUT2D eigenvalue weighted by molar-refractivity contribution is 0.139. The van der Waals surface area contributed by atoms with Crippen LogP contribution < -0.4 is 10.1 Å². The lowest BCUT2D eigenvalue weighted by Gasteiger charge is -2.35. The Morgan fingerprint density at radius 3 is 3.22 bits per heavy atom. The quantitative estimate of drug-likeness (QED) is 0.886. The van der Waals surface area contributed by atoms with E-state index in [4.69, 9.17) is 4.74 Å². The highest BCUT2D eigenvalue weighted by Gasteiger charge is 2.24. The molecular formula is C14H20N2OS. The van der Waals surface area contributed by atoms with Crippen LogP contribution in [0.3, 0.4) is 0 Å². The lowest BCUT2D eigenvalue weighted by atomic mass is 10.2. The summed E-state index contributed by atoms with van der Waals surface area (Å²) in [6, 6.07) is 8.19. The first-order valence-electron chi connectivity index (χ1n) is 6.65. The third-order valence-electron chi connectivity index (χ3n) is 3.49. The van der Waals surface area contributed by atoms with E-state index >= 15 is 0 Å². The number of nitrogens with one attached hydrogen (secondary N) is 1. The average molecular weight is 264 g/mol. The number of ether oxygens (including phenoxy) is 1. The molecule has 2 aliphatic rings. The van der Waals surface area contributed by atoms with Gasteiger partial charge in [0.25, 0.3) is 0 Å². The molecule has 4 heteroatoms. The lowest BCUT2D eigenvalue weighted by Crippen LogP contribution is -2.46. The Morgan fingerprint density at radius 1 is 1.44 bits per heavy atom. The molecule has 18 heavy (non-hydrogen) atoms. The molecule has 2 atom stereocenters. The van der Waals surface area contributed by atoms with Gasteiger partial charge in [0.15, 0.2) is 0 Å². The SMILES string of the molecule is CC1CN(CC2CNc3ccccc3O2)CCS1. The molecule has 1 fully saturated rings. The molecule has 0 radical (unpaired) electrons.